The third-order valence-corrected chi connectivity index (χ3v) is 5.91. The zero-order valence-electron chi connectivity index (χ0n) is 18.2. The van der Waals surface area contributed by atoms with Gasteiger partial charge in [-0.25, -0.2) is 4.79 Å². The predicted molar refractivity (Wildman–Crippen MR) is 116 cm³/mol. The third kappa shape index (κ3) is 5.84. The number of nitrogens with zero attached hydrogens (tertiary/aromatic N) is 3. The summed E-state index contributed by atoms with van der Waals surface area (Å²) in [6.07, 6.45) is -0.870. The first-order valence-electron chi connectivity index (χ1n) is 11.1. The van der Waals surface area contributed by atoms with Gasteiger partial charge >= 0.3 is 12.2 Å². The molecule has 9 heteroatoms. The van der Waals surface area contributed by atoms with Crippen LogP contribution >= 0.6 is 0 Å². The van der Waals surface area contributed by atoms with Gasteiger partial charge in [-0.15, -0.1) is 0 Å². The van der Waals surface area contributed by atoms with Crippen molar-refractivity contribution in [1.82, 2.24) is 14.7 Å². The molecule has 176 valence electrons. The van der Waals surface area contributed by atoms with E-state index in [1.807, 2.05) is 6.07 Å². The Balaban J connectivity index is 1.35. The number of alkyl halides is 3. The van der Waals surface area contributed by atoms with Crippen LogP contribution < -0.4 is 4.74 Å². The van der Waals surface area contributed by atoms with Crippen molar-refractivity contribution in [3.63, 3.8) is 0 Å². The molecule has 2 aromatic carbocycles. The molecule has 2 heterocycles. The van der Waals surface area contributed by atoms with Crippen molar-refractivity contribution in [3.05, 3.63) is 59.7 Å². The predicted octanol–water partition coefficient (Wildman–Crippen LogP) is 4.75. The average Bonchev–Trinajstić information content (AvgIpc) is 3.05. The number of ether oxygens (including phenoxy) is 1. The van der Waals surface area contributed by atoms with Gasteiger partial charge in [0.05, 0.1) is 5.56 Å². The molecule has 0 atom stereocenters. The van der Waals surface area contributed by atoms with E-state index in [2.05, 4.69) is 4.90 Å². The first kappa shape index (κ1) is 23.1. The van der Waals surface area contributed by atoms with E-state index in [0.29, 0.717) is 18.8 Å². The van der Waals surface area contributed by atoms with E-state index in [1.54, 1.807) is 18.2 Å². The molecule has 0 N–H and O–H groups in total. The Kier molecular flexibility index (Phi) is 6.88. The molecule has 2 fully saturated rings. The number of benzene rings is 2. The van der Waals surface area contributed by atoms with Crippen molar-refractivity contribution in [2.75, 3.05) is 32.7 Å². The third-order valence-electron chi connectivity index (χ3n) is 5.91. The number of piperidine rings is 1. The Morgan fingerprint density at radius 2 is 1.61 bits per heavy atom. The Bertz CT molecular complexity index is 988. The quantitative estimate of drug-likeness (QED) is 0.559. The minimum absolute atomic E-state index is 0.0306. The fraction of sp³-hybridized carbons (Fsp3) is 0.417. The van der Waals surface area contributed by atoms with Gasteiger partial charge in [-0.2, -0.15) is 13.2 Å². The molecule has 0 spiro atoms. The molecular formula is C24H26F3N3O3. The van der Waals surface area contributed by atoms with Crippen LogP contribution in [0.3, 0.4) is 0 Å². The van der Waals surface area contributed by atoms with Crippen LogP contribution in [0.2, 0.25) is 0 Å². The lowest BCUT2D eigenvalue weighted by atomic mass is 10.1. The van der Waals surface area contributed by atoms with Gasteiger partial charge in [-0.1, -0.05) is 18.6 Å². The van der Waals surface area contributed by atoms with Crippen molar-refractivity contribution in [2.45, 2.75) is 32.0 Å². The maximum absolute atomic E-state index is 12.8. The number of carbonyl (C=O) groups excluding carboxylic acids is 2. The Hall–Kier alpha value is -3.07. The SMILES string of the molecule is O=C1CN(Cc2cccc(Oc3ccc(C(F)(F)F)cc3)c2)C(=O)N1CCN1CCCCC1. The number of likely N-dealkylation sites (tertiary alicyclic amines) is 1. The van der Waals surface area contributed by atoms with Gasteiger partial charge in [0, 0.05) is 19.6 Å². The van der Waals surface area contributed by atoms with Crippen LogP contribution in [-0.2, 0) is 17.5 Å². The summed E-state index contributed by atoms with van der Waals surface area (Å²) in [5.41, 5.74) is 0.0177. The summed E-state index contributed by atoms with van der Waals surface area (Å²) in [5.74, 6) is 0.512. The largest absolute Gasteiger partial charge is 0.457 e. The molecule has 2 saturated heterocycles. The van der Waals surface area contributed by atoms with E-state index in [0.717, 1.165) is 43.6 Å². The molecule has 6 nitrogen and oxygen atoms in total. The molecule has 33 heavy (non-hydrogen) atoms. The second kappa shape index (κ2) is 9.82. The molecule has 4 rings (SSSR count). The summed E-state index contributed by atoms with van der Waals surface area (Å²) < 4.78 is 43.8. The van der Waals surface area contributed by atoms with Crippen LogP contribution in [0.4, 0.5) is 18.0 Å². The normalized spacial score (nSPS) is 17.7. The lowest BCUT2D eigenvalue weighted by molar-refractivity contribution is -0.137. The summed E-state index contributed by atoms with van der Waals surface area (Å²) in [4.78, 5) is 30.3. The second-order valence-corrected chi connectivity index (χ2v) is 8.36. The topological polar surface area (TPSA) is 53.1 Å². The van der Waals surface area contributed by atoms with E-state index >= 15 is 0 Å². The van der Waals surface area contributed by atoms with Crippen molar-refractivity contribution in [2.24, 2.45) is 0 Å². The van der Waals surface area contributed by atoms with Crippen molar-refractivity contribution in [3.8, 4) is 11.5 Å². The van der Waals surface area contributed by atoms with E-state index in [4.69, 9.17) is 4.74 Å². The lowest BCUT2D eigenvalue weighted by Gasteiger charge is -2.27. The number of carbonyl (C=O) groups is 2. The Morgan fingerprint density at radius 1 is 0.879 bits per heavy atom. The fourth-order valence-corrected chi connectivity index (χ4v) is 4.14. The summed E-state index contributed by atoms with van der Waals surface area (Å²) in [6.45, 7) is 3.38. The van der Waals surface area contributed by atoms with Crippen molar-refractivity contribution >= 4 is 11.9 Å². The second-order valence-electron chi connectivity index (χ2n) is 8.36. The van der Waals surface area contributed by atoms with Crippen molar-refractivity contribution < 1.29 is 27.5 Å². The van der Waals surface area contributed by atoms with Gasteiger partial charge in [0.2, 0.25) is 5.91 Å². The standard InChI is InChI=1S/C24H26F3N3O3/c25-24(26,27)19-7-9-20(10-8-19)33-21-6-4-5-18(15-21)16-29-17-22(31)30(23(29)32)14-13-28-11-2-1-3-12-28/h4-10,15H,1-3,11-14,16-17H2. The summed E-state index contributed by atoms with van der Waals surface area (Å²) in [5, 5.41) is 0. The van der Waals surface area contributed by atoms with Crippen LogP contribution in [0.5, 0.6) is 11.5 Å². The van der Waals surface area contributed by atoms with E-state index in [1.165, 1.54) is 28.4 Å². The lowest BCUT2D eigenvalue weighted by Crippen LogP contribution is -2.41. The Morgan fingerprint density at radius 3 is 2.30 bits per heavy atom. The van der Waals surface area contributed by atoms with Gasteiger partial charge in [-0.3, -0.25) is 9.69 Å². The molecule has 0 unspecified atom stereocenters. The number of hydrogen-bond acceptors (Lipinski definition) is 4. The van der Waals surface area contributed by atoms with Gasteiger partial charge in [0.15, 0.2) is 0 Å². The van der Waals surface area contributed by atoms with Gasteiger partial charge in [0.25, 0.3) is 0 Å². The van der Waals surface area contributed by atoms with Crippen LogP contribution in [0.25, 0.3) is 0 Å². The fourth-order valence-electron chi connectivity index (χ4n) is 4.14. The molecule has 2 aliphatic rings. The number of urea groups is 1. The highest BCUT2D eigenvalue weighted by molar-refractivity contribution is 6.01. The molecule has 0 radical (unpaired) electrons. The number of rotatable bonds is 7. The van der Waals surface area contributed by atoms with Crippen LogP contribution in [0.1, 0.15) is 30.4 Å². The summed E-state index contributed by atoms with van der Waals surface area (Å²) in [6, 6.07) is 11.1. The molecular weight excluding hydrogens is 435 g/mol. The van der Waals surface area contributed by atoms with Crippen LogP contribution in [-0.4, -0.2) is 59.4 Å². The first-order chi connectivity index (χ1) is 15.8. The Labute approximate surface area is 190 Å². The maximum Gasteiger partial charge on any atom is 0.416 e. The molecule has 0 saturated carbocycles. The molecule has 0 bridgehead atoms. The number of imide groups is 1. The molecule has 0 aliphatic carbocycles. The zero-order chi connectivity index (χ0) is 23.4. The van der Waals surface area contributed by atoms with Gasteiger partial charge < -0.3 is 14.5 Å². The van der Waals surface area contributed by atoms with E-state index in [-0.39, 0.29) is 30.8 Å². The van der Waals surface area contributed by atoms with Gasteiger partial charge in [0.1, 0.15) is 18.0 Å². The molecule has 2 aliphatic heterocycles. The van der Waals surface area contributed by atoms with Gasteiger partial charge in [-0.05, 0) is 67.9 Å². The van der Waals surface area contributed by atoms with E-state index < -0.39 is 11.7 Å². The highest BCUT2D eigenvalue weighted by atomic mass is 19.4. The molecule has 0 aromatic heterocycles. The van der Waals surface area contributed by atoms with E-state index in [9.17, 15) is 22.8 Å². The number of halogens is 3. The first-order valence-corrected chi connectivity index (χ1v) is 11.1. The number of amides is 3. The van der Waals surface area contributed by atoms with Crippen LogP contribution in [0.15, 0.2) is 48.5 Å². The zero-order valence-corrected chi connectivity index (χ0v) is 18.2. The number of hydrogen-bond donors (Lipinski definition) is 0. The monoisotopic (exact) mass is 461 g/mol. The van der Waals surface area contributed by atoms with Crippen molar-refractivity contribution in [1.29, 1.82) is 0 Å². The minimum Gasteiger partial charge on any atom is -0.457 e. The summed E-state index contributed by atoms with van der Waals surface area (Å²) >= 11 is 0. The molecule has 2 aromatic rings. The average molecular weight is 461 g/mol. The molecule has 3 amide bonds. The minimum atomic E-state index is -4.40. The highest BCUT2D eigenvalue weighted by Crippen LogP contribution is 2.31. The smallest absolute Gasteiger partial charge is 0.416 e. The maximum atomic E-state index is 12.8. The van der Waals surface area contributed by atoms with Crippen LogP contribution in [0, 0.1) is 0 Å². The highest BCUT2D eigenvalue weighted by Gasteiger charge is 2.36. The summed E-state index contributed by atoms with van der Waals surface area (Å²) in [7, 11) is 0.